The predicted octanol–water partition coefficient (Wildman–Crippen LogP) is 1.49. The maximum atomic E-state index is 11.8. The number of rotatable bonds is 5. The first-order chi connectivity index (χ1) is 9.61. The summed E-state index contributed by atoms with van der Waals surface area (Å²) >= 11 is 0. The normalized spacial score (nSPS) is 15.7. The Morgan fingerprint density at radius 1 is 1.60 bits per heavy atom. The maximum absolute atomic E-state index is 11.8. The van der Waals surface area contributed by atoms with Gasteiger partial charge in [0.05, 0.1) is 12.6 Å². The Bertz CT molecular complexity index is 530. The van der Waals surface area contributed by atoms with Crippen molar-refractivity contribution in [3.8, 4) is 0 Å². The third-order valence-corrected chi connectivity index (χ3v) is 2.94. The molecule has 0 saturated carbocycles. The molecule has 0 aromatic heterocycles. The first-order valence-corrected chi connectivity index (χ1v) is 6.33. The Balaban J connectivity index is 2.08. The van der Waals surface area contributed by atoms with Gasteiger partial charge in [-0.3, -0.25) is 9.69 Å². The van der Waals surface area contributed by atoms with E-state index in [1.54, 1.807) is 30.3 Å². The van der Waals surface area contributed by atoms with Crippen LogP contribution in [0.2, 0.25) is 0 Å². The molecule has 1 aliphatic heterocycles. The van der Waals surface area contributed by atoms with Crippen LogP contribution < -0.4 is 16.0 Å². The molecule has 2 rings (SSSR count). The highest BCUT2D eigenvalue weighted by atomic mass is 16.6. The highest BCUT2D eigenvalue weighted by Gasteiger charge is 2.23. The lowest BCUT2D eigenvalue weighted by molar-refractivity contribution is -0.117. The van der Waals surface area contributed by atoms with Crippen LogP contribution in [0.5, 0.6) is 0 Å². The summed E-state index contributed by atoms with van der Waals surface area (Å²) in [5, 5.41) is 2.71. The molecule has 0 bridgehead atoms. The Morgan fingerprint density at radius 3 is 3.05 bits per heavy atom. The summed E-state index contributed by atoms with van der Waals surface area (Å²) in [6.07, 6.45) is 1.63. The fourth-order valence-electron chi connectivity index (χ4n) is 1.90. The van der Waals surface area contributed by atoms with Crippen LogP contribution in [0, 0.1) is 0 Å². The second kappa shape index (κ2) is 6.21. The molecule has 3 N–H and O–H groups in total. The van der Waals surface area contributed by atoms with Gasteiger partial charge in [0, 0.05) is 11.4 Å². The number of carbonyl (C=O) groups is 2. The van der Waals surface area contributed by atoms with Crippen LogP contribution in [-0.4, -0.2) is 31.2 Å². The van der Waals surface area contributed by atoms with Gasteiger partial charge in [-0.1, -0.05) is 12.1 Å². The van der Waals surface area contributed by atoms with Crippen LogP contribution >= 0.6 is 0 Å². The monoisotopic (exact) mass is 275 g/mol. The fraction of sp³-hybridized carbons (Fsp3) is 0.286. The van der Waals surface area contributed by atoms with E-state index in [4.69, 9.17) is 10.5 Å². The minimum atomic E-state index is -0.632. The molecular formula is C14H17N3O3. The third kappa shape index (κ3) is 3.16. The number of anilines is 2. The summed E-state index contributed by atoms with van der Waals surface area (Å²) < 4.78 is 4.88. The molecule has 0 radical (unpaired) electrons. The van der Waals surface area contributed by atoms with Gasteiger partial charge in [0.1, 0.15) is 6.61 Å². The minimum absolute atomic E-state index is 0.286. The Kier molecular flexibility index (Phi) is 4.37. The summed E-state index contributed by atoms with van der Waals surface area (Å²) in [4.78, 5) is 24.8. The molecule has 106 valence electrons. The number of benzene rings is 1. The van der Waals surface area contributed by atoms with Crippen molar-refractivity contribution in [2.45, 2.75) is 12.5 Å². The standard InChI is InChI=1S/C14H17N3O3/c1-2-4-12(15)13(18)16-10-5-3-6-11(9-10)17-7-8-20-14(17)19/h2-3,5-6,9,12H,1,4,7-8,15H2,(H,16,18). The Morgan fingerprint density at radius 2 is 2.40 bits per heavy atom. The molecule has 0 spiro atoms. The van der Waals surface area contributed by atoms with Gasteiger partial charge >= 0.3 is 6.09 Å². The molecule has 6 nitrogen and oxygen atoms in total. The van der Waals surface area contributed by atoms with Crippen molar-refractivity contribution in [2.24, 2.45) is 5.73 Å². The number of ether oxygens (including phenoxy) is 1. The van der Waals surface area contributed by atoms with Gasteiger partial charge in [-0.15, -0.1) is 6.58 Å². The zero-order valence-corrected chi connectivity index (χ0v) is 11.0. The first-order valence-electron chi connectivity index (χ1n) is 6.33. The van der Waals surface area contributed by atoms with Crippen molar-refractivity contribution < 1.29 is 14.3 Å². The smallest absolute Gasteiger partial charge is 0.414 e. The van der Waals surface area contributed by atoms with Crippen LogP contribution in [-0.2, 0) is 9.53 Å². The molecule has 1 aromatic carbocycles. The lowest BCUT2D eigenvalue weighted by Crippen LogP contribution is -2.35. The molecule has 1 aromatic rings. The molecule has 1 heterocycles. The average molecular weight is 275 g/mol. The predicted molar refractivity (Wildman–Crippen MR) is 76.6 cm³/mol. The summed E-state index contributed by atoms with van der Waals surface area (Å²) in [6, 6.07) is 6.36. The minimum Gasteiger partial charge on any atom is -0.447 e. The lowest BCUT2D eigenvalue weighted by Gasteiger charge is -2.15. The zero-order chi connectivity index (χ0) is 14.5. The maximum Gasteiger partial charge on any atom is 0.414 e. The van der Waals surface area contributed by atoms with E-state index in [9.17, 15) is 9.59 Å². The van der Waals surface area contributed by atoms with Gasteiger partial charge in [0.15, 0.2) is 0 Å². The molecular weight excluding hydrogens is 258 g/mol. The quantitative estimate of drug-likeness (QED) is 0.797. The summed E-state index contributed by atoms with van der Waals surface area (Å²) in [7, 11) is 0. The summed E-state index contributed by atoms with van der Waals surface area (Å²) in [5.74, 6) is -0.286. The highest BCUT2D eigenvalue weighted by Crippen LogP contribution is 2.22. The van der Waals surface area contributed by atoms with E-state index in [2.05, 4.69) is 11.9 Å². The summed E-state index contributed by atoms with van der Waals surface area (Å²) in [6.45, 7) is 4.43. The van der Waals surface area contributed by atoms with E-state index < -0.39 is 6.04 Å². The van der Waals surface area contributed by atoms with Crippen molar-refractivity contribution in [1.29, 1.82) is 0 Å². The second-order valence-electron chi connectivity index (χ2n) is 4.44. The highest BCUT2D eigenvalue weighted by molar-refractivity contribution is 5.96. The molecule has 1 atom stereocenters. The molecule has 1 aliphatic rings. The largest absolute Gasteiger partial charge is 0.447 e. The van der Waals surface area contributed by atoms with E-state index >= 15 is 0 Å². The zero-order valence-electron chi connectivity index (χ0n) is 11.0. The van der Waals surface area contributed by atoms with Gasteiger partial charge in [-0.05, 0) is 24.6 Å². The van der Waals surface area contributed by atoms with Crippen LogP contribution in [0.3, 0.4) is 0 Å². The van der Waals surface area contributed by atoms with Gasteiger partial charge in [0.25, 0.3) is 0 Å². The van der Waals surface area contributed by atoms with Gasteiger partial charge in [-0.25, -0.2) is 4.79 Å². The van der Waals surface area contributed by atoms with Crippen LogP contribution in [0.1, 0.15) is 6.42 Å². The number of hydrogen-bond donors (Lipinski definition) is 2. The Hall–Kier alpha value is -2.34. The van der Waals surface area contributed by atoms with Crippen molar-refractivity contribution in [3.63, 3.8) is 0 Å². The summed E-state index contributed by atoms with van der Waals surface area (Å²) in [5.41, 5.74) is 6.96. The molecule has 1 saturated heterocycles. The SMILES string of the molecule is C=CCC(N)C(=O)Nc1cccc(N2CCOC2=O)c1. The van der Waals surface area contributed by atoms with Gasteiger partial charge < -0.3 is 15.8 Å². The first kappa shape index (κ1) is 14.1. The van der Waals surface area contributed by atoms with E-state index in [-0.39, 0.29) is 12.0 Å². The van der Waals surface area contributed by atoms with Gasteiger partial charge in [0.2, 0.25) is 5.91 Å². The number of nitrogens with two attached hydrogens (primary N) is 1. The molecule has 1 unspecified atom stereocenters. The molecule has 20 heavy (non-hydrogen) atoms. The number of amides is 2. The van der Waals surface area contributed by atoms with Crippen molar-refractivity contribution in [3.05, 3.63) is 36.9 Å². The van der Waals surface area contributed by atoms with Crippen LogP contribution in [0.25, 0.3) is 0 Å². The molecule has 2 amide bonds. The van der Waals surface area contributed by atoms with Crippen molar-refractivity contribution in [1.82, 2.24) is 0 Å². The molecule has 0 aliphatic carbocycles. The fourth-order valence-corrected chi connectivity index (χ4v) is 1.90. The van der Waals surface area contributed by atoms with Crippen molar-refractivity contribution >= 4 is 23.4 Å². The van der Waals surface area contributed by atoms with E-state index in [0.717, 1.165) is 0 Å². The lowest BCUT2D eigenvalue weighted by atomic mass is 10.2. The third-order valence-electron chi connectivity index (χ3n) is 2.94. The molecule has 6 heteroatoms. The van der Waals surface area contributed by atoms with E-state index in [1.165, 1.54) is 4.90 Å². The van der Waals surface area contributed by atoms with Crippen molar-refractivity contribution in [2.75, 3.05) is 23.4 Å². The van der Waals surface area contributed by atoms with Crippen LogP contribution in [0.4, 0.5) is 16.2 Å². The number of carbonyl (C=O) groups excluding carboxylic acids is 2. The van der Waals surface area contributed by atoms with Crippen LogP contribution in [0.15, 0.2) is 36.9 Å². The number of hydrogen-bond acceptors (Lipinski definition) is 4. The second-order valence-corrected chi connectivity index (χ2v) is 4.44. The molecule has 1 fully saturated rings. The average Bonchev–Trinajstić information content (AvgIpc) is 2.85. The number of nitrogens with one attached hydrogen (secondary N) is 1. The topological polar surface area (TPSA) is 84.7 Å². The van der Waals surface area contributed by atoms with E-state index in [0.29, 0.717) is 30.9 Å². The van der Waals surface area contributed by atoms with E-state index in [1.807, 2.05) is 0 Å². The van der Waals surface area contributed by atoms with Gasteiger partial charge in [-0.2, -0.15) is 0 Å². The number of cyclic esters (lactones) is 1. The Labute approximate surface area is 117 Å². The number of nitrogens with zero attached hydrogens (tertiary/aromatic N) is 1.